The summed E-state index contributed by atoms with van der Waals surface area (Å²) in [6.45, 7) is 0. The zero-order chi connectivity index (χ0) is 20.3. The van der Waals surface area contributed by atoms with E-state index in [9.17, 15) is 9.59 Å². The Labute approximate surface area is 183 Å². The predicted molar refractivity (Wildman–Crippen MR) is 114 cm³/mol. The highest BCUT2D eigenvalue weighted by Gasteiger charge is 2.25. The van der Waals surface area contributed by atoms with E-state index in [0.717, 1.165) is 25.7 Å². The van der Waals surface area contributed by atoms with Gasteiger partial charge in [-0.3, -0.25) is 9.59 Å². The minimum absolute atomic E-state index is 0.0189. The Bertz CT molecular complexity index is 822. The number of rotatable bonds is 4. The smallest absolute Gasteiger partial charge is 0.253 e. The van der Waals surface area contributed by atoms with Crippen molar-refractivity contribution in [2.75, 3.05) is 0 Å². The lowest BCUT2D eigenvalue weighted by molar-refractivity contribution is 0.0892. The highest BCUT2D eigenvalue weighted by molar-refractivity contribution is 6.36. The minimum Gasteiger partial charge on any atom is -0.349 e. The van der Waals surface area contributed by atoms with Gasteiger partial charge in [-0.15, -0.1) is 0 Å². The molecule has 148 valence electrons. The van der Waals surface area contributed by atoms with E-state index in [1.165, 1.54) is 0 Å². The fourth-order valence-electron chi connectivity index (χ4n) is 3.25. The SMILES string of the molecule is O=C(NC1CCC(NC(=O)c2cc(Cl)ccc2Cl)CC1)c1cc(Cl)ccc1Cl. The van der Waals surface area contributed by atoms with Gasteiger partial charge in [-0.05, 0) is 62.1 Å². The monoisotopic (exact) mass is 458 g/mol. The molecule has 0 heterocycles. The molecule has 3 rings (SSSR count). The van der Waals surface area contributed by atoms with Gasteiger partial charge in [-0.2, -0.15) is 0 Å². The molecule has 1 aliphatic rings. The number of nitrogens with one attached hydrogen (secondary N) is 2. The van der Waals surface area contributed by atoms with Crippen molar-refractivity contribution in [1.82, 2.24) is 10.6 Å². The van der Waals surface area contributed by atoms with Gasteiger partial charge in [0.2, 0.25) is 0 Å². The van der Waals surface area contributed by atoms with Crippen LogP contribution in [0.2, 0.25) is 20.1 Å². The molecule has 2 aromatic rings. The quantitative estimate of drug-likeness (QED) is 0.609. The average Bonchev–Trinajstić information content (AvgIpc) is 2.67. The zero-order valence-electron chi connectivity index (χ0n) is 14.8. The van der Waals surface area contributed by atoms with Crippen LogP contribution < -0.4 is 10.6 Å². The van der Waals surface area contributed by atoms with E-state index < -0.39 is 0 Å². The lowest BCUT2D eigenvalue weighted by atomic mass is 9.90. The van der Waals surface area contributed by atoms with E-state index in [-0.39, 0.29) is 23.9 Å². The van der Waals surface area contributed by atoms with E-state index >= 15 is 0 Å². The first-order valence-electron chi connectivity index (χ1n) is 8.85. The molecule has 2 aromatic carbocycles. The normalized spacial score (nSPS) is 19.1. The Kier molecular flexibility index (Phi) is 7.10. The summed E-state index contributed by atoms with van der Waals surface area (Å²) in [5.41, 5.74) is 0.723. The van der Waals surface area contributed by atoms with Crippen LogP contribution in [-0.4, -0.2) is 23.9 Å². The van der Waals surface area contributed by atoms with Crippen LogP contribution in [0.15, 0.2) is 36.4 Å². The first-order valence-corrected chi connectivity index (χ1v) is 10.4. The van der Waals surface area contributed by atoms with Gasteiger partial charge in [0.15, 0.2) is 0 Å². The largest absolute Gasteiger partial charge is 0.349 e. The number of carbonyl (C=O) groups is 2. The van der Waals surface area contributed by atoms with E-state index in [1.807, 2.05) is 0 Å². The number of hydrogen-bond donors (Lipinski definition) is 2. The van der Waals surface area contributed by atoms with Crippen LogP contribution in [0.25, 0.3) is 0 Å². The molecule has 0 aliphatic heterocycles. The van der Waals surface area contributed by atoms with Crippen molar-refractivity contribution < 1.29 is 9.59 Å². The van der Waals surface area contributed by atoms with Gasteiger partial charge >= 0.3 is 0 Å². The van der Waals surface area contributed by atoms with Gasteiger partial charge < -0.3 is 10.6 Å². The Hall–Kier alpha value is -1.46. The second-order valence-corrected chi connectivity index (χ2v) is 8.43. The third-order valence-corrected chi connectivity index (χ3v) is 5.87. The van der Waals surface area contributed by atoms with Gasteiger partial charge in [-0.1, -0.05) is 46.4 Å². The van der Waals surface area contributed by atoms with E-state index in [0.29, 0.717) is 31.2 Å². The first kappa shape index (κ1) is 21.3. The van der Waals surface area contributed by atoms with Crippen LogP contribution in [0.4, 0.5) is 0 Å². The summed E-state index contributed by atoms with van der Waals surface area (Å²) in [7, 11) is 0. The van der Waals surface area contributed by atoms with Gasteiger partial charge in [0.25, 0.3) is 11.8 Å². The van der Waals surface area contributed by atoms with Gasteiger partial charge in [0, 0.05) is 22.1 Å². The van der Waals surface area contributed by atoms with Crippen molar-refractivity contribution in [3.8, 4) is 0 Å². The van der Waals surface area contributed by atoms with Gasteiger partial charge in [0.05, 0.1) is 21.2 Å². The summed E-state index contributed by atoms with van der Waals surface area (Å²) in [6.07, 6.45) is 2.99. The Morgan fingerprint density at radius 3 is 1.39 bits per heavy atom. The van der Waals surface area contributed by atoms with Gasteiger partial charge in [-0.25, -0.2) is 0 Å². The molecule has 2 amide bonds. The summed E-state index contributed by atoms with van der Waals surface area (Å²) in [4.78, 5) is 24.9. The Balaban J connectivity index is 1.53. The fraction of sp³-hybridized carbons (Fsp3) is 0.300. The summed E-state index contributed by atoms with van der Waals surface area (Å²) in [6, 6.07) is 9.63. The van der Waals surface area contributed by atoms with Crippen LogP contribution in [0.5, 0.6) is 0 Å². The van der Waals surface area contributed by atoms with Crippen LogP contribution in [0.3, 0.4) is 0 Å². The third-order valence-electron chi connectivity index (χ3n) is 4.74. The molecule has 0 saturated heterocycles. The van der Waals surface area contributed by atoms with Crippen molar-refractivity contribution in [2.24, 2.45) is 0 Å². The molecule has 1 aliphatic carbocycles. The molecular weight excluding hydrogens is 442 g/mol. The van der Waals surface area contributed by atoms with E-state index in [1.54, 1.807) is 36.4 Å². The maximum absolute atomic E-state index is 12.4. The van der Waals surface area contributed by atoms with Gasteiger partial charge in [0.1, 0.15) is 0 Å². The molecule has 0 radical (unpaired) electrons. The molecule has 1 fully saturated rings. The lowest BCUT2D eigenvalue weighted by Crippen LogP contribution is -2.43. The summed E-state index contributed by atoms with van der Waals surface area (Å²) in [5.74, 6) is -0.489. The fourth-order valence-corrected chi connectivity index (χ4v) is 4.00. The maximum atomic E-state index is 12.4. The third kappa shape index (κ3) is 5.32. The summed E-state index contributed by atoms with van der Waals surface area (Å²) in [5, 5.41) is 7.63. The summed E-state index contributed by atoms with van der Waals surface area (Å²) < 4.78 is 0. The highest BCUT2D eigenvalue weighted by Crippen LogP contribution is 2.24. The zero-order valence-corrected chi connectivity index (χ0v) is 17.8. The molecular formula is C20H18Cl4N2O2. The lowest BCUT2D eigenvalue weighted by Gasteiger charge is -2.30. The van der Waals surface area contributed by atoms with Crippen LogP contribution in [0, 0.1) is 0 Å². The number of halogens is 4. The second kappa shape index (κ2) is 9.36. The molecule has 28 heavy (non-hydrogen) atoms. The molecule has 1 saturated carbocycles. The number of hydrogen-bond acceptors (Lipinski definition) is 2. The molecule has 2 N–H and O–H groups in total. The highest BCUT2D eigenvalue weighted by atomic mass is 35.5. The standard InChI is InChI=1S/C20H18Cl4N2O2/c21-11-1-7-17(23)15(9-11)19(27)25-13-3-5-14(6-4-13)26-20(28)16-10-12(22)2-8-18(16)24/h1-2,7-10,13-14H,3-6H2,(H,25,27)(H,26,28). The van der Waals surface area contributed by atoms with E-state index in [2.05, 4.69) is 10.6 Å². The molecule has 0 unspecified atom stereocenters. The van der Waals surface area contributed by atoms with Crippen molar-refractivity contribution in [3.05, 3.63) is 67.6 Å². The van der Waals surface area contributed by atoms with Crippen molar-refractivity contribution in [3.63, 3.8) is 0 Å². The topological polar surface area (TPSA) is 58.2 Å². The molecule has 4 nitrogen and oxygen atoms in total. The Morgan fingerprint density at radius 2 is 1.04 bits per heavy atom. The molecule has 8 heteroatoms. The molecule has 0 aromatic heterocycles. The molecule has 0 bridgehead atoms. The molecule has 0 atom stereocenters. The minimum atomic E-state index is -0.245. The number of benzene rings is 2. The van der Waals surface area contributed by atoms with E-state index in [4.69, 9.17) is 46.4 Å². The van der Waals surface area contributed by atoms with Crippen molar-refractivity contribution in [2.45, 2.75) is 37.8 Å². The van der Waals surface area contributed by atoms with Crippen molar-refractivity contribution >= 4 is 58.2 Å². The number of amides is 2. The maximum Gasteiger partial charge on any atom is 0.253 e. The molecule has 0 spiro atoms. The van der Waals surface area contributed by atoms with Crippen LogP contribution in [-0.2, 0) is 0 Å². The first-order chi connectivity index (χ1) is 13.3. The predicted octanol–water partition coefficient (Wildman–Crippen LogP) is 5.77. The average molecular weight is 460 g/mol. The van der Waals surface area contributed by atoms with Crippen LogP contribution in [0.1, 0.15) is 46.4 Å². The summed E-state index contributed by atoms with van der Waals surface area (Å²) >= 11 is 24.1. The Morgan fingerprint density at radius 1 is 0.679 bits per heavy atom. The second-order valence-electron chi connectivity index (χ2n) is 6.74. The number of carbonyl (C=O) groups excluding carboxylic acids is 2. The van der Waals surface area contributed by atoms with Crippen molar-refractivity contribution in [1.29, 1.82) is 0 Å². The van der Waals surface area contributed by atoms with Crippen LogP contribution >= 0.6 is 46.4 Å².